The summed E-state index contributed by atoms with van der Waals surface area (Å²) in [6.45, 7) is 2.30. The Kier molecular flexibility index (Phi) is 11.6. The minimum absolute atomic E-state index is 0.100. The molecule has 0 spiro atoms. The number of carbonyl (C=O) groups is 4. The van der Waals surface area contributed by atoms with Gasteiger partial charge in [0.1, 0.15) is 5.54 Å². The highest BCUT2D eigenvalue weighted by molar-refractivity contribution is 6.07. The SMILES string of the molecule is O=C(O)/C=C/c1ccc(NC(=O)C2(NC(=O)c3ccc4c(C5CCCCC5)c(-c5ccccc5)[nH]c4c3CCCC(=O)N3CCOCC3)CCCC2)cc1. The summed E-state index contributed by atoms with van der Waals surface area (Å²) in [4.78, 5) is 58.4. The fourth-order valence-corrected chi connectivity index (χ4v) is 8.62. The van der Waals surface area contributed by atoms with E-state index < -0.39 is 11.5 Å². The summed E-state index contributed by atoms with van der Waals surface area (Å²) in [7, 11) is 0. The zero-order valence-corrected chi connectivity index (χ0v) is 30.8. The quantitative estimate of drug-likeness (QED) is 0.110. The van der Waals surface area contributed by atoms with Crippen LogP contribution in [0.4, 0.5) is 5.69 Å². The first-order valence-corrected chi connectivity index (χ1v) is 19.5. The zero-order chi connectivity index (χ0) is 37.5. The number of fused-ring (bicyclic) bond motifs is 1. The van der Waals surface area contributed by atoms with Crippen molar-refractivity contribution >= 4 is 46.4 Å². The first-order chi connectivity index (χ1) is 26.3. The Balaban J connectivity index is 1.21. The van der Waals surface area contributed by atoms with Crippen LogP contribution < -0.4 is 10.6 Å². The summed E-state index contributed by atoms with van der Waals surface area (Å²) in [5.41, 5.74) is 6.01. The summed E-state index contributed by atoms with van der Waals surface area (Å²) >= 11 is 0. The average Bonchev–Trinajstić information content (AvgIpc) is 3.85. The zero-order valence-electron chi connectivity index (χ0n) is 30.8. The Labute approximate surface area is 316 Å². The second kappa shape index (κ2) is 16.8. The molecule has 1 aromatic heterocycles. The highest BCUT2D eigenvalue weighted by Crippen LogP contribution is 2.44. The molecule has 3 fully saturated rings. The third-order valence-corrected chi connectivity index (χ3v) is 11.5. The number of nitrogens with one attached hydrogen (secondary N) is 3. The minimum Gasteiger partial charge on any atom is -0.478 e. The van der Waals surface area contributed by atoms with E-state index in [-0.39, 0.29) is 17.7 Å². The number of hydrogen-bond acceptors (Lipinski definition) is 5. The number of carboxylic acid groups (broad SMARTS) is 1. The maximum atomic E-state index is 14.6. The third-order valence-electron chi connectivity index (χ3n) is 11.5. The lowest BCUT2D eigenvalue weighted by atomic mass is 9.81. The molecule has 54 heavy (non-hydrogen) atoms. The van der Waals surface area contributed by atoms with Crippen LogP contribution >= 0.6 is 0 Å². The molecule has 0 bridgehead atoms. The van der Waals surface area contributed by atoms with Crippen LogP contribution in [0.1, 0.15) is 104 Å². The fourth-order valence-electron chi connectivity index (χ4n) is 8.62. The number of aliphatic carboxylic acids is 1. The van der Waals surface area contributed by atoms with Gasteiger partial charge in [-0.3, -0.25) is 14.4 Å². The molecular weight excluding hydrogens is 681 g/mol. The standard InChI is InChI=1S/C44H50N4O6/c49-37(48-26-28-54-29-27-48)15-9-14-34-35(21-22-36-39(31-10-3-1-4-11-31)40(46-41(34)36)32-12-5-2-6-13-32)42(52)47-44(24-7-8-25-44)43(53)45-33-19-16-30(17-20-33)18-23-38(50)51/h2,5-6,12-13,16-23,31,46H,1,3-4,7-11,14-15,24-29H2,(H,45,53)(H,47,52)(H,50,51)/b23-18+. The number of anilines is 1. The third kappa shape index (κ3) is 8.29. The highest BCUT2D eigenvalue weighted by Gasteiger charge is 2.43. The van der Waals surface area contributed by atoms with Crippen LogP contribution in [0.25, 0.3) is 28.2 Å². The summed E-state index contributed by atoms with van der Waals surface area (Å²) in [5.74, 6) is -1.10. The van der Waals surface area contributed by atoms with Gasteiger partial charge in [0.25, 0.3) is 5.91 Å². The van der Waals surface area contributed by atoms with Gasteiger partial charge in [0.15, 0.2) is 0 Å². The second-order valence-electron chi connectivity index (χ2n) is 15.0. The van der Waals surface area contributed by atoms with E-state index in [9.17, 15) is 19.2 Å². The molecule has 4 aromatic rings. The van der Waals surface area contributed by atoms with Crippen LogP contribution in [-0.2, 0) is 25.5 Å². The van der Waals surface area contributed by atoms with Gasteiger partial charge >= 0.3 is 5.97 Å². The number of morpholine rings is 1. The van der Waals surface area contributed by atoms with E-state index in [1.54, 1.807) is 24.3 Å². The fraction of sp³-hybridized carbons (Fsp3) is 0.409. The number of amides is 3. The van der Waals surface area contributed by atoms with Gasteiger partial charge in [-0.1, -0.05) is 80.6 Å². The van der Waals surface area contributed by atoms with E-state index in [2.05, 4.69) is 45.9 Å². The van der Waals surface area contributed by atoms with E-state index in [1.165, 1.54) is 30.9 Å². The van der Waals surface area contributed by atoms with Crippen molar-refractivity contribution in [3.05, 3.63) is 95.1 Å². The van der Waals surface area contributed by atoms with Crippen molar-refractivity contribution in [1.82, 2.24) is 15.2 Å². The van der Waals surface area contributed by atoms with Gasteiger partial charge in [-0.15, -0.1) is 0 Å². The number of aromatic amines is 1. The first kappa shape index (κ1) is 37.1. The lowest BCUT2D eigenvalue weighted by Gasteiger charge is -2.29. The summed E-state index contributed by atoms with van der Waals surface area (Å²) < 4.78 is 5.46. The molecule has 1 saturated heterocycles. The lowest BCUT2D eigenvalue weighted by molar-refractivity contribution is -0.135. The van der Waals surface area contributed by atoms with E-state index in [0.717, 1.165) is 59.5 Å². The van der Waals surface area contributed by atoms with Gasteiger partial charge in [0, 0.05) is 47.9 Å². The predicted molar refractivity (Wildman–Crippen MR) is 210 cm³/mol. The van der Waals surface area contributed by atoms with E-state index in [4.69, 9.17) is 9.84 Å². The number of hydrogen-bond donors (Lipinski definition) is 4. The van der Waals surface area contributed by atoms with Crippen LogP contribution in [0.15, 0.2) is 72.8 Å². The largest absolute Gasteiger partial charge is 0.478 e. The van der Waals surface area contributed by atoms with Crippen molar-refractivity contribution in [3.63, 3.8) is 0 Å². The van der Waals surface area contributed by atoms with E-state index in [0.29, 0.717) is 81.1 Å². The second-order valence-corrected chi connectivity index (χ2v) is 15.0. The Morgan fingerprint density at radius 3 is 2.31 bits per heavy atom. The van der Waals surface area contributed by atoms with Crippen LogP contribution in [0.3, 0.4) is 0 Å². The van der Waals surface area contributed by atoms with Crippen molar-refractivity contribution in [1.29, 1.82) is 0 Å². The number of carboxylic acids is 1. The Bertz CT molecular complexity index is 2000. The molecule has 7 rings (SSSR count). The van der Waals surface area contributed by atoms with E-state index >= 15 is 0 Å². The molecule has 3 amide bonds. The molecule has 2 heterocycles. The normalized spacial score (nSPS) is 17.5. The van der Waals surface area contributed by atoms with Crippen molar-refractivity contribution in [3.8, 4) is 11.3 Å². The highest BCUT2D eigenvalue weighted by atomic mass is 16.5. The van der Waals surface area contributed by atoms with Gasteiger partial charge in [-0.2, -0.15) is 0 Å². The van der Waals surface area contributed by atoms with Gasteiger partial charge in [-0.05, 0) is 91.0 Å². The van der Waals surface area contributed by atoms with Crippen molar-refractivity contribution in [2.45, 2.75) is 88.5 Å². The van der Waals surface area contributed by atoms with Crippen molar-refractivity contribution < 1.29 is 29.0 Å². The molecule has 3 aliphatic rings. The number of rotatable bonds is 12. The Hall–Kier alpha value is -5.22. The molecule has 3 aromatic carbocycles. The van der Waals surface area contributed by atoms with Gasteiger partial charge < -0.3 is 30.4 Å². The number of nitrogens with zero attached hydrogens (tertiary/aromatic N) is 1. The van der Waals surface area contributed by atoms with Gasteiger partial charge in [0.2, 0.25) is 11.8 Å². The number of H-pyrrole nitrogens is 1. The van der Waals surface area contributed by atoms with Crippen LogP contribution in [0.5, 0.6) is 0 Å². The number of benzene rings is 3. The maximum Gasteiger partial charge on any atom is 0.328 e. The molecule has 10 nitrogen and oxygen atoms in total. The van der Waals surface area contributed by atoms with Gasteiger partial charge in [-0.25, -0.2) is 4.79 Å². The number of aryl methyl sites for hydroxylation is 1. The first-order valence-electron chi connectivity index (χ1n) is 19.5. The molecule has 2 saturated carbocycles. The van der Waals surface area contributed by atoms with Crippen LogP contribution in [0, 0.1) is 0 Å². The molecule has 10 heteroatoms. The summed E-state index contributed by atoms with van der Waals surface area (Å²) in [5, 5.41) is 16.3. The number of carbonyl (C=O) groups excluding carboxylic acids is 3. The molecule has 4 N–H and O–H groups in total. The predicted octanol–water partition coefficient (Wildman–Crippen LogP) is 7.84. The Morgan fingerprint density at radius 1 is 0.889 bits per heavy atom. The number of aromatic nitrogens is 1. The van der Waals surface area contributed by atoms with Gasteiger partial charge in [0.05, 0.1) is 18.7 Å². The molecule has 2 aliphatic carbocycles. The monoisotopic (exact) mass is 730 g/mol. The molecule has 0 atom stereocenters. The lowest BCUT2D eigenvalue weighted by Crippen LogP contribution is -2.55. The smallest absolute Gasteiger partial charge is 0.328 e. The van der Waals surface area contributed by atoms with Crippen molar-refractivity contribution in [2.24, 2.45) is 0 Å². The minimum atomic E-state index is -1.09. The molecular formula is C44H50N4O6. The van der Waals surface area contributed by atoms with E-state index in [1.807, 2.05) is 17.0 Å². The maximum absolute atomic E-state index is 14.6. The topological polar surface area (TPSA) is 141 Å². The molecule has 1 aliphatic heterocycles. The molecule has 0 radical (unpaired) electrons. The number of ether oxygens (including phenoxy) is 1. The Morgan fingerprint density at radius 2 is 1.61 bits per heavy atom. The van der Waals surface area contributed by atoms with Crippen LogP contribution in [0.2, 0.25) is 0 Å². The molecule has 0 unspecified atom stereocenters. The summed E-state index contributed by atoms with van der Waals surface area (Å²) in [6, 6.07) is 21.3. The average molecular weight is 731 g/mol. The summed E-state index contributed by atoms with van der Waals surface area (Å²) in [6.07, 6.45) is 12.6. The van der Waals surface area contributed by atoms with Crippen molar-refractivity contribution in [2.75, 3.05) is 31.6 Å². The molecule has 282 valence electrons. The van der Waals surface area contributed by atoms with Crippen LogP contribution in [-0.4, -0.2) is 70.5 Å².